The zero-order chi connectivity index (χ0) is 18.2. The fourth-order valence-corrected chi connectivity index (χ4v) is 2.57. The number of benzene rings is 2. The molecule has 0 fully saturated rings. The van der Waals surface area contributed by atoms with Crippen molar-refractivity contribution in [2.24, 2.45) is 5.10 Å². The van der Waals surface area contributed by atoms with Crippen molar-refractivity contribution in [3.05, 3.63) is 64.7 Å². The van der Waals surface area contributed by atoms with Crippen LogP contribution in [0.15, 0.2) is 47.6 Å². The Morgan fingerprint density at radius 1 is 1.16 bits per heavy atom. The Hall–Kier alpha value is -2.62. The molecular formula is C21H26N2O2. The molecule has 0 saturated heterocycles. The fourth-order valence-electron chi connectivity index (χ4n) is 2.57. The summed E-state index contributed by atoms with van der Waals surface area (Å²) in [6.07, 6.45) is 1.26. The van der Waals surface area contributed by atoms with Crippen molar-refractivity contribution in [3.63, 3.8) is 0 Å². The largest absolute Gasteiger partial charge is 0.493 e. The third kappa shape index (κ3) is 5.45. The van der Waals surface area contributed by atoms with E-state index in [0.717, 1.165) is 34.6 Å². The van der Waals surface area contributed by atoms with Gasteiger partial charge in [0.15, 0.2) is 0 Å². The van der Waals surface area contributed by atoms with Gasteiger partial charge in [-0.2, -0.15) is 5.10 Å². The van der Waals surface area contributed by atoms with Crippen LogP contribution < -0.4 is 10.2 Å². The van der Waals surface area contributed by atoms with Crippen LogP contribution in [-0.4, -0.2) is 18.2 Å². The summed E-state index contributed by atoms with van der Waals surface area (Å²) in [5, 5.41) is 4.24. The Bertz CT molecular complexity index is 766. The Balaban J connectivity index is 2.04. The summed E-state index contributed by atoms with van der Waals surface area (Å²) in [6.45, 7) is 8.65. The smallest absolute Gasteiger partial charge is 0.244 e. The molecule has 132 valence electrons. The number of ether oxygens (including phenoxy) is 1. The molecule has 0 radical (unpaired) electrons. The molecule has 0 heterocycles. The second-order valence-electron chi connectivity index (χ2n) is 6.18. The Morgan fingerprint density at radius 3 is 2.64 bits per heavy atom. The van der Waals surface area contributed by atoms with Crippen molar-refractivity contribution < 1.29 is 9.53 Å². The molecule has 0 saturated carbocycles. The Kier molecular flexibility index (Phi) is 6.75. The number of aryl methyl sites for hydroxylation is 2. The van der Waals surface area contributed by atoms with E-state index in [1.807, 2.05) is 57.2 Å². The molecule has 1 N–H and O–H groups in total. The van der Waals surface area contributed by atoms with Crippen LogP contribution in [0.1, 0.15) is 42.5 Å². The number of amides is 1. The van der Waals surface area contributed by atoms with Crippen molar-refractivity contribution in [2.75, 3.05) is 6.61 Å². The minimum absolute atomic E-state index is 0.127. The van der Waals surface area contributed by atoms with Crippen LogP contribution in [0, 0.1) is 13.8 Å². The summed E-state index contributed by atoms with van der Waals surface area (Å²) in [7, 11) is 0. The van der Waals surface area contributed by atoms with Crippen LogP contribution in [0.25, 0.3) is 0 Å². The molecule has 0 aromatic heterocycles. The van der Waals surface area contributed by atoms with Crippen molar-refractivity contribution in [2.45, 2.75) is 40.5 Å². The summed E-state index contributed by atoms with van der Waals surface area (Å²) in [6, 6.07) is 13.8. The van der Waals surface area contributed by atoms with E-state index in [1.54, 1.807) is 0 Å². The third-order valence-corrected chi connectivity index (χ3v) is 3.94. The first-order valence-electron chi connectivity index (χ1n) is 8.62. The second kappa shape index (κ2) is 9.02. The highest BCUT2D eigenvalue weighted by molar-refractivity contribution is 6.01. The summed E-state index contributed by atoms with van der Waals surface area (Å²) in [5.74, 6) is 0.660. The predicted octanol–water partition coefficient (Wildman–Crippen LogP) is 4.18. The van der Waals surface area contributed by atoms with Crippen LogP contribution in [0.2, 0.25) is 0 Å². The van der Waals surface area contributed by atoms with Gasteiger partial charge < -0.3 is 4.74 Å². The number of nitrogens with zero attached hydrogens (tertiary/aromatic N) is 1. The number of para-hydroxylation sites is 1. The van der Waals surface area contributed by atoms with E-state index < -0.39 is 0 Å². The molecule has 4 nitrogen and oxygen atoms in total. The molecule has 0 spiro atoms. The van der Waals surface area contributed by atoms with E-state index in [-0.39, 0.29) is 5.91 Å². The maximum atomic E-state index is 12.2. The monoisotopic (exact) mass is 338 g/mol. The number of carbonyl (C=O) groups excluding carboxylic acids is 1. The zero-order valence-corrected chi connectivity index (χ0v) is 15.4. The molecule has 1 amide bonds. The first-order valence-corrected chi connectivity index (χ1v) is 8.62. The zero-order valence-electron chi connectivity index (χ0n) is 15.4. The SMILES string of the molecule is CCCOc1ccccc1/C(C)=N/NC(=O)Cc1ccc(C)cc1C. The molecule has 0 unspecified atom stereocenters. The lowest BCUT2D eigenvalue weighted by Gasteiger charge is -2.11. The standard InChI is InChI=1S/C21H26N2O2/c1-5-12-25-20-9-7-6-8-19(20)17(4)22-23-21(24)14-18-11-10-15(2)13-16(18)3/h6-11,13H,5,12,14H2,1-4H3,(H,23,24)/b22-17+. The van der Waals surface area contributed by atoms with E-state index in [9.17, 15) is 4.79 Å². The van der Waals surface area contributed by atoms with Crippen molar-refractivity contribution in [1.29, 1.82) is 0 Å². The average Bonchev–Trinajstić information content (AvgIpc) is 2.60. The van der Waals surface area contributed by atoms with Crippen molar-refractivity contribution in [3.8, 4) is 5.75 Å². The van der Waals surface area contributed by atoms with E-state index in [0.29, 0.717) is 13.0 Å². The van der Waals surface area contributed by atoms with Gasteiger partial charge in [0.2, 0.25) is 5.91 Å². The van der Waals surface area contributed by atoms with Gasteiger partial charge in [-0.05, 0) is 50.5 Å². The highest BCUT2D eigenvalue weighted by Gasteiger charge is 2.08. The first kappa shape index (κ1) is 18.7. The first-order chi connectivity index (χ1) is 12.0. The fraction of sp³-hybridized carbons (Fsp3) is 0.333. The lowest BCUT2D eigenvalue weighted by molar-refractivity contribution is -0.120. The van der Waals surface area contributed by atoms with Crippen molar-refractivity contribution in [1.82, 2.24) is 5.43 Å². The number of hydrazone groups is 1. The highest BCUT2D eigenvalue weighted by Crippen LogP contribution is 2.19. The Labute approximate surface area is 149 Å². The molecule has 0 aliphatic rings. The molecule has 2 aromatic carbocycles. The maximum Gasteiger partial charge on any atom is 0.244 e. The lowest BCUT2D eigenvalue weighted by Crippen LogP contribution is -2.21. The molecule has 0 aliphatic carbocycles. The van der Waals surface area contributed by atoms with Gasteiger partial charge >= 0.3 is 0 Å². The highest BCUT2D eigenvalue weighted by atomic mass is 16.5. The van der Waals surface area contributed by atoms with E-state index >= 15 is 0 Å². The average molecular weight is 338 g/mol. The van der Waals surface area contributed by atoms with Gasteiger partial charge in [0.25, 0.3) is 0 Å². The third-order valence-electron chi connectivity index (χ3n) is 3.94. The van der Waals surface area contributed by atoms with Gasteiger partial charge in [0, 0.05) is 5.56 Å². The summed E-state index contributed by atoms with van der Waals surface area (Å²) in [5.41, 5.74) is 7.59. The number of rotatable bonds is 7. The van der Waals surface area contributed by atoms with E-state index in [1.165, 1.54) is 5.56 Å². The number of nitrogens with one attached hydrogen (secondary N) is 1. The van der Waals surface area contributed by atoms with Crippen LogP contribution in [0.5, 0.6) is 5.75 Å². The van der Waals surface area contributed by atoms with E-state index in [4.69, 9.17) is 4.74 Å². The molecular weight excluding hydrogens is 312 g/mol. The second-order valence-corrected chi connectivity index (χ2v) is 6.18. The minimum atomic E-state index is -0.127. The Morgan fingerprint density at radius 2 is 1.92 bits per heavy atom. The number of hydrogen-bond acceptors (Lipinski definition) is 3. The van der Waals surface area contributed by atoms with Gasteiger partial charge in [0.1, 0.15) is 5.75 Å². The van der Waals surface area contributed by atoms with Crippen LogP contribution in [-0.2, 0) is 11.2 Å². The predicted molar refractivity (Wildman–Crippen MR) is 102 cm³/mol. The van der Waals surface area contributed by atoms with Gasteiger partial charge in [-0.3, -0.25) is 4.79 Å². The molecule has 0 aliphatic heterocycles. The molecule has 25 heavy (non-hydrogen) atoms. The normalized spacial score (nSPS) is 11.3. The van der Waals surface area contributed by atoms with Gasteiger partial charge in [-0.1, -0.05) is 42.8 Å². The van der Waals surface area contributed by atoms with Gasteiger partial charge in [-0.15, -0.1) is 0 Å². The maximum absolute atomic E-state index is 12.2. The van der Waals surface area contributed by atoms with Crippen LogP contribution in [0.4, 0.5) is 0 Å². The van der Waals surface area contributed by atoms with E-state index in [2.05, 4.69) is 23.5 Å². The molecule has 0 atom stereocenters. The quantitative estimate of drug-likeness (QED) is 0.608. The molecule has 0 bridgehead atoms. The van der Waals surface area contributed by atoms with Crippen LogP contribution >= 0.6 is 0 Å². The summed E-state index contributed by atoms with van der Waals surface area (Å²) < 4.78 is 5.74. The minimum Gasteiger partial charge on any atom is -0.493 e. The summed E-state index contributed by atoms with van der Waals surface area (Å²) in [4.78, 5) is 12.2. The molecule has 2 rings (SSSR count). The topological polar surface area (TPSA) is 50.7 Å². The van der Waals surface area contributed by atoms with Gasteiger partial charge in [-0.25, -0.2) is 5.43 Å². The summed E-state index contributed by atoms with van der Waals surface area (Å²) >= 11 is 0. The lowest BCUT2D eigenvalue weighted by atomic mass is 10.0. The van der Waals surface area contributed by atoms with Gasteiger partial charge in [0.05, 0.1) is 18.7 Å². The van der Waals surface area contributed by atoms with Crippen molar-refractivity contribution >= 4 is 11.6 Å². The molecule has 2 aromatic rings. The molecule has 4 heteroatoms. The van der Waals surface area contributed by atoms with Crippen LogP contribution in [0.3, 0.4) is 0 Å². The number of carbonyl (C=O) groups is 1. The number of hydrogen-bond donors (Lipinski definition) is 1.